The lowest BCUT2D eigenvalue weighted by Gasteiger charge is -2.31. The van der Waals surface area contributed by atoms with Crippen LogP contribution in [0.5, 0.6) is 0 Å². The fraction of sp³-hybridized carbons (Fsp3) is 0.385. The molecule has 0 aliphatic carbocycles. The van der Waals surface area contributed by atoms with Crippen molar-refractivity contribution in [3.63, 3.8) is 0 Å². The molecule has 0 saturated carbocycles. The Morgan fingerprint density at radius 1 is 1.52 bits per heavy atom. The number of halogens is 1. The van der Waals surface area contributed by atoms with E-state index in [1.807, 2.05) is 6.92 Å². The Labute approximate surface area is 126 Å². The van der Waals surface area contributed by atoms with Crippen LogP contribution in [-0.4, -0.2) is 39.2 Å². The number of amides is 1. The van der Waals surface area contributed by atoms with E-state index < -0.39 is 0 Å². The third-order valence-corrected chi connectivity index (χ3v) is 4.08. The fourth-order valence-corrected chi connectivity index (χ4v) is 2.32. The van der Waals surface area contributed by atoms with E-state index in [-0.39, 0.29) is 11.8 Å². The Morgan fingerprint density at radius 3 is 2.95 bits per heavy atom. The summed E-state index contributed by atoms with van der Waals surface area (Å²) in [6, 6.07) is 5.25. The van der Waals surface area contributed by atoms with Crippen LogP contribution < -0.4 is 10.6 Å². The predicted molar refractivity (Wildman–Crippen MR) is 78.3 cm³/mol. The van der Waals surface area contributed by atoms with Crippen LogP contribution in [0.3, 0.4) is 0 Å². The Bertz CT molecular complexity index is 640. The summed E-state index contributed by atoms with van der Waals surface area (Å²) in [7, 11) is 0. The van der Waals surface area contributed by atoms with Gasteiger partial charge in [0.1, 0.15) is 6.33 Å². The number of tetrazole rings is 1. The molecule has 7 nitrogen and oxygen atoms in total. The van der Waals surface area contributed by atoms with Gasteiger partial charge in [-0.1, -0.05) is 18.5 Å². The van der Waals surface area contributed by atoms with Crippen LogP contribution in [0.2, 0.25) is 5.02 Å². The van der Waals surface area contributed by atoms with Gasteiger partial charge in [-0.3, -0.25) is 4.79 Å². The molecule has 2 aromatic rings. The summed E-state index contributed by atoms with van der Waals surface area (Å²) in [6.07, 6.45) is 1.48. The largest absolute Gasteiger partial charge is 0.324 e. The molecule has 1 aromatic heterocycles. The molecule has 1 fully saturated rings. The van der Waals surface area contributed by atoms with Crippen molar-refractivity contribution in [2.24, 2.45) is 11.8 Å². The molecule has 1 aliphatic heterocycles. The van der Waals surface area contributed by atoms with Crippen LogP contribution in [0.25, 0.3) is 5.69 Å². The normalized spacial score (nSPS) is 16.3. The molecule has 1 amide bonds. The van der Waals surface area contributed by atoms with E-state index in [0.29, 0.717) is 16.6 Å². The zero-order valence-electron chi connectivity index (χ0n) is 11.5. The quantitative estimate of drug-likeness (QED) is 0.884. The molecule has 1 atom stereocenters. The number of nitrogens with one attached hydrogen (secondary N) is 2. The summed E-state index contributed by atoms with van der Waals surface area (Å²) in [4.78, 5) is 12.3. The topological polar surface area (TPSA) is 84.7 Å². The number of anilines is 1. The number of benzene rings is 1. The van der Waals surface area contributed by atoms with Gasteiger partial charge in [-0.2, -0.15) is 0 Å². The highest BCUT2D eigenvalue weighted by molar-refractivity contribution is 6.33. The second-order valence-corrected chi connectivity index (χ2v) is 5.52. The summed E-state index contributed by atoms with van der Waals surface area (Å²) in [5, 5.41) is 17.5. The van der Waals surface area contributed by atoms with E-state index in [1.165, 1.54) is 11.0 Å². The molecule has 1 aromatic carbocycles. The van der Waals surface area contributed by atoms with Crippen molar-refractivity contribution >= 4 is 23.2 Å². The monoisotopic (exact) mass is 306 g/mol. The molecule has 0 spiro atoms. The number of carbonyl (C=O) groups excluding carboxylic acids is 1. The highest BCUT2D eigenvalue weighted by Crippen LogP contribution is 2.26. The van der Waals surface area contributed by atoms with Gasteiger partial charge in [0, 0.05) is 5.92 Å². The van der Waals surface area contributed by atoms with Crippen LogP contribution in [0, 0.1) is 11.8 Å². The van der Waals surface area contributed by atoms with Gasteiger partial charge in [0.25, 0.3) is 0 Å². The smallest absolute Gasteiger partial charge is 0.227 e. The van der Waals surface area contributed by atoms with Crippen LogP contribution in [0.1, 0.15) is 6.92 Å². The average molecular weight is 307 g/mol. The van der Waals surface area contributed by atoms with Crippen LogP contribution in [0.15, 0.2) is 24.5 Å². The van der Waals surface area contributed by atoms with Gasteiger partial charge in [0.05, 0.1) is 16.4 Å². The fourth-order valence-electron chi connectivity index (χ4n) is 2.16. The number of hydrogen-bond acceptors (Lipinski definition) is 5. The summed E-state index contributed by atoms with van der Waals surface area (Å²) >= 11 is 6.15. The number of rotatable bonds is 4. The van der Waals surface area contributed by atoms with Crippen LogP contribution in [-0.2, 0) is 4.79 Å². The molecular weight excluding hydrogens is 292 g/mol. The van der Waals surface area contributed by atoms with Crippen molar-refractivity contribution in [2.45, 2.75) is 6.92 Å². The van der Waals surface area contributed by atoms with E-state index in [1.54, 1.807) is 18.2 Å². The first-order valence-corrected chi connectivity index (χ1v) is 7.07. The molecule has 1 unspecified atom stereocenters. The first-order valence-electron chi connectivity index (χ1n) is 6.69. The number of aromatic nitrogens is 4. The van der Waals surface area contributed by atoms with E-state index in [9.17, 15) is 4.79 Å². The molecule has 2 heterocycles. The highest BCUT2D eigenvalue weighted by atomic mass is 35.5. The maximum Gasteiger partial charge on any atom is 0.227 e. The molecule has 1 saturated heterocycles. The standard InChI is InChI=1S/C13H15ClN6O/c1-8(9-5-15-6-9)13(21)17-12-4-10(2-3-11(12)14)20-7-16-18-19-20/h2-4,7-9,15H,5-6H2,1H3,(H,17,21). The molecule has 110 valence electrons. The first kappa shape index (κ1) is 14.0. The third-order valence-electron chi connectivity index (χ3n) is 3.76. The lowest BCUT2D eigenvalue weighted by Crippen LogP contribution is -2.48. The van der Waals surface area contributed by atoms with Gasteiger partial charge in [0.2, 0.25) is 5.91 Å². The number of nitrogens with zero attached hydrogens (tertiary/aromatic N) is 4. The molecular formula is C13H15ClN6O. The van der Waals surface area contributed by atoms with E-state index in [2.05, 4.69) is 26.2 Å². The van der Waals surface area contributed by atoms with E-state index in [4.69, 9.17) is 11.6 Å². The van der Waals surface area contributed by atoms with Crippen molar-refractivity contribution in [2.75, 3.05) is 18.4 Å². The molecule has 2 N–H and O–H groups in total. The molecule has 8 heteroatoms. The van der Waals surface area contributed by atoms with E-state index >= 15 is 0 Å². The third kappa shape index (κ3) is 2.88. The minimum absolute atomic E-state index is 0.0303. The lowest BCUT2D eigenvalue weighted by molar-refractivity contribution is -0.121. The van der Waals surface area contributed by atoms with Crippen LogP contribution in [0.4, 0.5) is 5.69 Å². The van der Waals surface area contributed by atoms with Gasteiger partial charge >= 0.3 is 0 Å². The Balaban J connectivity index is 1.78. The van der Waals surface area contributed by atoms with Gasteiger partial charge in [-0.05, 0) is 47.6 Å². The van der Waals surface area contributed by atoms with Crippen molar-refractivity contribution in [3.8, 4) is 5.69 Å². The van der Waals surface area contributed by atoms with Gasteiger partial charge in [-0.25, -0.2) is 4.68 Å². The number of hydrogen-bond donors (Lipinski definition) is 2. The molecule has 0 bridgehead atoms. The SMILES string of the molecule is CC(C(=O)Nc1cc(-n2cnnn2)ccc1Cl)C1CNC1. The Hall–Kier alpha value is -1.99. The second-order valence-electron chi connectivity index (χ2n) is 5.11. The second kappa shape index (κ2) is 5.79. The maximum absolute atomic E-state index is 12.3. The van der Waals surface area contributed by atoms with Gasteiger partial charge < -0.3 is 10.6 Å². The lowest BCUT2D eigenvalue weighted by atomic mass is 9.88. The first-order chi connectivity index (χ1) is 10.1. The summed E-state index contributed by atoms with van der Waals surface area (Å²) < 4.78 is 1.51. The zero-order valence-corrected chi connectivity index (χ0v) is 12.2. The van der Waals surface area contributed by atoms with Gasteiger partial charge in [-0.15, -0.1) is 5.10 Å². The van der Waals surface area contributed by atoms with E-state index in [0.717, 1.165) is 18.8 Å². The minimum atomic E-state index is -0.0565. The van der Waals surface area contributed by atoms with Gasteiger partial charge in [0.15, 0.2) is 0 Å². The minimum Gasteiger partial charge on any atom is -0.324 e. The highest BCUT2D eigenvalue weighted by Gasteiger charge is 2.28. The molecule has 21 heavy (non-hydrogen) atoms. The predicted octanol–water partition coefficient (Wildman–Crippen LogP) is 1.11. The molecule has 3 rings (SSSR count). The zero-order chi connectivity index (χ0) is 14.8. The van der Waals surface area contributed by atoms with Crippen molar-refractivity contribution in [3.05, 3.63) is 29.5 Å². The maximum atomic E-state index is 12.3. The molecule has 1 aliphatic rings. The average Bonchev–Trinajstić information content (AvgIpc) is 2.93. The number of carbonyl (C=O) groups is 1. The summed E-state index contributed by atoms with van der Waals surface area (Å²) in [5.41, 5.74) is 1.30. The summed E-state index contributed by atoms with van der Waals surface area (Å²) in [5.74, 6) is 0.294. The summed E-state index contributed by atoms with van der Waals surface area (Å²) in [6.45, 7) is 3.69. The Morgan fingerprint density at radius 2 is 2.33 bits per heavy atom. The van der Waals surface area contributed by atoms with Crippen molar-refractivity contribution < 1.29 is 4.79 Å². The van der Waals surface area contributed by atoms with Crippen molar-refractivity contribution in [1.82, 2.24) is 25.5 Å². The molecule has 0 radical (unpaired) electrons. The van der Waals surface area contributed by atoms with Crippen LogP contribution >= 0.6 is 11.6 Å². The Kier molecular flexibility index (Phi) is 3.85. The van der Waals surface area contributed by atoms with Crippen molar-refractivity contribution in [1.29, 1.82) is 0 Å².